The van der Waals surface area contributed by atoms with Gasteiger partial charge in [-0.05, 0) is 12.1 Å². The zero-order valence-electron chi connectivity index (χ0n) is 8.96. The molecule has 0 saturated carbocycles. The van der Waals surface area contributed by atoms with Crippen LogP contribution in [0.4, 0.5) is 0 Å². The summed E-state index contributed by atoms with van der Waals surface area (Å²) >= 11 is 0. The van der Waals surface area contributed by atoms with Gasteiger partial charge in [-0.15, -0.1) is 0 Å². The Hall–Kier alpha value is -2.14. The SMILES string of the molecule is O=C(O)c1cc(=O)c2ccccc2n1CCO. The first-order valence-electron chi connectivity index (χ1n) is 5.12. The van der Waals surface area contributed by atoms with Gasteiger partial charge in [0.05, 0.1) is 12.1 Å². The third-order valence-corrected chi connectivity index (χ3v) is 2.56. The zero-order chi connectivity index (χ0) is 12.4. The molecule has 0 radical (unpaired) electrons. The van der Waals surface area contributed by atoms with Gasteiger partial charge < -0.3 is 14.8 Å². The van der Waals surface area contributed by atoms with Crippen LogP contribution in [0.25, 0.3) is 10.9 Å². The Morgan fingerprint density at radius 3 is 2.65 bits per heavy atom. The summed E-state index contributed by atoms with van der Waals surface area (Å²) < 4.78 is 1.43. The molecule has 2 aromatic rings. The van der Waals surface area contributed by atoms with Gasteiger partial charge in [0.15, 0.2) is 5.43 Å². The number of aliphatic hydroxyl groups excluding tert-OH is 1. The lowest BCUT2D eigenvalue weighted by Gasteiger charge is -2.12. The van der Waals surface area contributed by atoms with Crippen molar-refractivity contribution in [1.29, 1.82) is 0 Å². The molecule has 0 unspecified atom stereocenters. The third-order valence-electron chi connectivity index (χ3n) is 2.56. The van der Waals surface area contributed by atoms with Gasteiger partial charge >= 0.3 is 5.97 Å². The number of pyridine rings is 1. The molecule has 0 atom stereocenters. The van der Waals surface area contributed by atoms with Crippen molar-refractivity contribution in [2.75, 3.05) is 6.61 Å². The highest BCUT2D eigenvalue weighted by Gasteiger charge is 2.13. The number of benzene rings is 1. The molecule has 1 aromatic heterocycles. The van der Waals surface area contributed by atoms with Gasteiger partial charge in [-0.3, -0.25) is 4.79 Å². The molecule has 17 heavy (non-hydrogen) atoms. The van der Waals surface area contributed by atoms with Gasteiger partial charge in [0.1, 0.15) is 5.69 Å². The van der Waals surface area contributed by atoms with Crippen molar-refractivity contribution in [2.45, 2.75) is 6.54 Å². The average molecular weight is 233 g/mol. The van der Waals surface area contributed by atoms with Gasteiger partial charge in [-0.2, -0.15) is 0 Å². The molecular weight excluding hydrogens is 222 g/mol. The van der Waals surface area contributed by atoms with Crippen LogP contribution in [0.1, 0.15) is 10.5 Å². The Labute approximate surface area is 96.5 Å². The van der Waals surface area contributed by atoms with Crippen LogP contribution in [-0.4, -0.2) is 27.4 Å². The van der Waals surface area contributed by atoms with E-state index in [4.69, 9.17) is 10.2 Å². The highest BCUT2D eigenvalue weighted by atomic mass is 16.4. The van der Waals surface area contributed by atoms with Crippen LogP contribution in [0.2, 0.25) is 0 Å². The number of hydrogen-bond acceptors (Lipinski definition) is 3. The van der Waals surface area contributed by atoms with E-state index >= 15 is 0 Å². The molecule has 88 valence electrons. The molecule has 0 saturated heterocycles. The predicted molar refractivity (Wildman–Crippen MR) is 62.3 cm³/mol. The Bertz CT molecular complexity index is 630. The Balaban J connectivity index is 2.87. The Kier molecular flexibility index (Phi) is 2.93. The van der Waals surface area contributed by atoms with Crippen molar-refractivity contribution >= 4 is 16.9 Å². The van der Waals surface area contributed by atoms with E-state index in [0.717, 1.165) is 6.07 Å². The van der Waals surface area contributed by atoms with E-state index in [0.29, 0.717) is 10.9 Å². The molecule has 0 bridgehead atoms. The number of fused-ring (bicyclic) bond motifs is 1. The van der Waals surface area contributed by atoms with Crippen molar-refractivity contribution in [1.82, 2.24) is 4.57 Å². The highest BCUT2D eigenvalue weighted by Crippen LogP contribution is 2.12. The van der Waals surface area contributed by atoms with Crippen LogP contribution in [0, 0.1) is 0 Å². The second-order valence-corrected chi connectivity index (χ2v) is 3.59. The number of carboxylic acids is 1. The summed E-state index contributed by atoms with van der Waals surface area (Å²) in [5.74, 6) is -1.18. The van der Waals surface area contributed by atoms with Crippen LogP contribution in [0.3, 0.4) is 0 Å². The van der Waals surface area contributed by atoms with Crippen LogP contribution in [0.15, 0.2) is 35.1 Å². The van der Waals surface area contributed by atoms with Crippen molar-refractivity contribution in [3.63, 3.8) is 0 Å². The van der Waals surface area contributed by atoms with E-state index < -0.39 is 5.97 Å². The summed E-state index contributed by atoms with van der Waals surface area (Å²) in [7, 11) is 0. The molecule has 5 nitrogen and oxygen atoms in total. The number of carbonyl (C=O) groups is 1. The first-order valence-corrected chi connectivity index (χ1v) is 5.12. The number of aromatic nitrogens is 1. The fourth-order valence-corrected chi connectivity index (χ4v) is 1.85. The number of aliphatic hydroxyl groups is 1. The van der Waals surface area contributed by atoms with E-state index in [1.807, 2.05) is 0 Å². The standard InChI is InChI=1S/C12H11NO4/c14-6-5-13-9-4-2-1-3-8(9)11(15)7-10(13)12(16)17/h1-4,7,14H,5-6H2,(H,16,17). The minimum atomic E-state index is -1.18. The molecular formula is C12H11NO4. The minimum absolute atomic E-state index is 0.109. The molecule has 5 heteroatoms. The number of nitrogens with zero attached hydrogens (tertiary/aromatic N) is 1. The Morgan fingerprint density at radius 2 is 2.00 bits per heavy atom. The molecule has 0 aliphatic rings. The maximum Gasteiger partial charge on any atom is 0.352 e. The second kappa shape index (κ2) is 4.39. The fraction of sp³-hybridized carbons (Fsp3) is 0.167. The zero-order valence-corrected chi connectivity index (χ0v) is 8.96. The van der Waals surface area contributed by atoms with Gasteiger partial charge in [0, 0.05) is 18.0 Å². The first kappa shape index (κ1) is 11.3. The minimum Gasteiger partial charge on any atom is -0.477 e. The average Bonchev–Trinajstić information content (AvgIpc) is 2.32. The van der Waals surface area contributed by atoms with Crippen LogP contribution < -0.4 is 5.43 Å². The number of carboxylic acid groups (broad SMARTS) is 1. The summed E-state index contributed by atoms with van der Waals surface area (Å²) in [6.45, 7) is -0.0461. The van der Waals surface area contributed by atoms with Gasteiger partial charge in [0.2, 0.25) is 0 Å². The molecule has 1 aromatic carbocycles. The summed E-state index contributed by atoms with van der Waals surface area (Å²) in [4.78, 5) is 22.8. The molecule has 2 N–H and O–H groups in total. The molecule has 0 amide bonds. The third kappa shape index (κ3) is 1.92. The summed E-state index contributed by atoms with van der Waals surface area (Å²) in [5.41, 5.74) is 0.0846. The number of hydrogen-bond donors (Lipinski definition) is 2. The second-order valence-electron chi connectivity index (χ2n) is 3.59. The first-order chi connectivity index (χ1) is 8.15. The number of aromatic carboxylic acids is 1. The van der Waals surface area contributed by atoms with E-state index in [-0.39, 0.29) is 24.3 Å². The van der Waals surface area contributed by atoms with E-state index in [1.54, 1.807) is 24.3 Å². The Morgan fingerprint density at radius 1 is 1.29 bits per heavy atom. The summed E-state index contributed by atoms with van der Waals surface area (Å²) in [6, 6.07) is 7.82. The monoisotopic (exact) mass is 233 g/mol. The van der Waals surface area contributed by atoms with Crippen molar-refractivity contribution in [2.24, 2.45) is 0 Å². The van der Waals surface area contributed by atoms with Gasteiger partial charge in [-0.25, -0.2) is 4.79 Å². The molecule has 0 fully saturated rings. The topological polar surface area (TPSA) is 79.5 Å². The van der Waals surface area contributed by atoms with Crippen molar-refractivity contribution < 1.29 is 15.0 Å². The number of para-hydroxylation sites is 1. The van der Waals surface area contributed by atoms with Crippen LogP contribution in [-0.2, 0) is 6.54 Å². The van der Waals surface area contributed by atoms with Crippen LogP contribution in [0.5, 0.6) is 0 Å². The van der Waals surface area contributed by atoms with Crippen LogP contribution >= 0.6 is 0 Å². The van der Waals surface area contributed by atoms with E-state index in [1.165, 1.54) is 4.57 Å². The number of rotatable bonds is 3. The fourth-order valence-electron chi connectivity index (χ4n) is 1.85. The van der Waals surface area contributed by atoms with E-state index in [9.17, 15) is 9.59 Å². The predicted octanol–water partition coefficient (Wildman–Crippen LogP) is 0.692. The van der Waals surface area contributed by atoms with Gasteiger partial charge in [0.25, 0.3) is 0 Å². The molecule has 0 aliphatic carbocycles. The lowest BCUT2D eigenvalue weighted by Crippen LogP contribution is -2.19. The molecule has 1 heterocycles. The summed E-state index contributed by atoms with van der Waals surface area (Å²) in [5, 5.41) is 18.4. The summed E-state index contributed by atoms with van der Waals surface area (Å²) in [6.07, 6.45) is 0. The maximum absolute atomic E-state index is 11.7. The normalized spacial score (nSPS) is 10.6. The van der Waals surface area contributed by atoms with Crippen molar-refractivity contribution in [3.05, 3.63) is 46.2 Å². The lowest BCUT2D eigenvalue weighted by molar-refractivity contribution is 0.0683. The molecule has 0 aliphatic heterocycles. The maximum atomic E-state index is 11.7. The highest BCUT2D eigenvalue weighted by molar-refractivity contribution is 5.90. The molecule has 2 rings (SSSR count). The van der Waals surface area contributed by atoms with Crippen molar-refractivity contribution in [3.8, 4) is 0 Å². The quantitative estimate of drug-likeness (QED) is 0.817. The lowest BCUT2D eigenvalue weighted by atomic mass is 10.1. The molecule has 0 spiro atoms. The smallest absolute Gasteiger partial charge is 0.352 e. The van der Waals surface area contributed by atoms with E-state index in [2.05, 4.69) is 0 Å². The van der Waals surface area contributed by atoms with Gasteiger partial charge in [-0.1, -0.05) is 12.1 Å². The largest absolute Gasteiger partial charge is 0.477 e.